The molecule has 3 aromatic rings. The summed E-state index contributed by atoms with van der Waals surface area (Å²) in [4.78, 5) is 37.1. The Hall–Kier alpha value is -3.24. The molecule has 2 amide bonds. The number of carbonyl (C=O) groups excluding carboxylic acids is 2. The molecule has 0 atom stereocenters. The lowest BCUT2D eigenvalue weighted by molar-refractivity contribution is -0.126. The molecule has 0 spiro atoms. The predicted octanol–water partition coefficient (Wildman–Crippen LogP) is 4.79. The lowest BCUT2D eigenvalue weighted by atomic mass is 9.99. The van der Waals surface area contributed by atoms with E-state index in [1.807, 2.05) is 36.1 Å². The van der Waals surface area contributed by atoms with Crippen molar-refractivity contribution in [2.24, 2.45) is 0 Å². The molecule has 0 aliphatic carbocycles. The number of piperazine rings is 1. The second kappa shape index (κ2) is 12.3. The van der Waals surface area contributed by atoms with Crippen LogP contribution in [-0.4, -0.2) is 77.8 Å². The van der Waals surface area contributed by atoms with Crippen molar-refractivity contribution in [3.05, 3.63) is 81.3 Å². The normalized spacial score (nSPS) is 16.3. The van der Waals surface area contributed by atoms with E-state index >= 15 is 0 Å². The molecule has 8 nitrogen and oxygen atoms in total. The minimum Gasteiger partial charge on any atom is -0.334 e. The number of benzene rings is 2. The van der Waals surface area contributed by atoms with Gasteiger partial charge in [0.2, 0.25) is 5.91 Å². The Bertz CT molecular complexity index is 1360. The average Bonchev–Trinajstić information content (AvgIpc) is 3.40. The van der Waals surface area contributed by atoms with Gasteiger partial charge in [0.05, 0.1) is 16.9 Å². The van der Waals surface area contributed by atoms with Crippen molar-refractivity contribution in [2.75, 3.05) is 56.9 Å². The number of fused-ring (bicyclic) bond motifs is 1. The van der Waals surface area contributed by atoms with Gasteiger partial charge in [0.15, 0.2) is 5.13 Å². The van der Waals surface area contributed by atoms with Gasteiger partial charge in [-0.25, -0.2) is 4.98 Å². The molecule has 39 heavy (non-hydrogen) atoms. The quantitative estimate of drug-likeness (QED) is 0.402. The molecule has 3 heterocycles. The first kappa shape index (κ1) is 27.3. The first-order chi connectivity index (χ1) is 18.9. The van der Waals surface area contributed by atoms with Gasteiger partial charge in [-0.05, 0) is 55.3 Å². The van der Waals surface area contributed by atoms with Crippen LogP contribution in [0.3, 0.4) is 0 Å². The molecule has 0 radical (unpaired) electrons. The van der Waals surface area contributed by atoms with Gasteiger partial charge in [-0.3, -0.25) is 14.5 Å². The summed E-state index contributed by atoms with van der Waals surface area (Å²) < 4.78 is 0. The van der Waals surface area contributed by atoms with Crippen LogP contribution in [0.5, 0.6) is 0 Å². The summed E-state index contributed by atoms with van der Waals surface area (Å²) in [6, 6.07) is 11.7. The number of hydrogen-bond acceptors (Lipinski definition) is 7. The van der Waals surface area contributed by atoms with Gasteiger partial charge in [0, 0.05) is 57.6 Å². The summed E-state index contributed by atoms with van der Waals surface area (Å²) in [6.45, 7) is 8.21. The maximum atomic E-state index is 12.9. The number of halogens is 1. The number of para-hydroxylation sites is 1. The predicted molar refractivity (Wildman–Crippen MR) is 158 cm³/mol. The highest BCUT2D eigenvalue weighted by atomic mass is 35.5. The van der Waals surface area contributed by atoms with E-state index in [0.717, 1.165) is 56.0 Å². The summed E-state index contributed by atoms with van der Waals surface area (Å²) in [5, 5.41) is 7.31. The van der Waals surface area contributed by atoms with E-state index in [-0.39, 0.29) is 11.8 Å². The highest BCUT2D eigenvalue weighted by Gasteiger charge is 2.20. The Labute approximate surface area is 238 Å². The summed E-state index contributed by atoms with van der Waals surface area (Å²) in [7, 11) is 2.14. The fraction of sp³-hybridized carbons (Fsp3) is 0.345. The van der Waals surface area contributed by atoms with E-state index in [1.54, 1.807) is 18.3 Å². The van der Waals surface area contributed by atoms with Gasteiger partial charge >= 0.3 is 0 Å². The smallest absolute Gasteiger partial charge is 0.267 e. The highest BCUT2D eigenvalue weighted by Crippen LogP contribution is 2.29. The second-order valence-corrected chi connectivity index (χ2v) is 11.5. The first-order valence-electron chi connectivity index (χ1n) is 13.1. The number of nitrogens with one attached hydrogen (secondary N) is 2. The number of rotatable bonds is 7. The summed E-state index contributed by atoms with van der Waals surface area (Å²) in [5.41, 5.74) is 4.74. The zero-order valence-electron chi connectivity index (χ0n) is 22.2. The molecule has 2 N–H and O–H groups in total. The van der Waals surface area contributed by atoms with Gasteiger partial charge in [-0.1, -0.05) is 47.2 Å². The maximum Gasteiger partial charge on any atom is 0.267 e. The molecule has 2 aromatic carbocycles. The third kappa shape index (κ3) is 6.86. The van der Waals surface area contributed by atoms with Crippen molar-refractivity contribution in [3.8, 4) is 0 Å². The van der Waals surface area contributed by atoms with Crippen LogP contribution in [-0.2, 0) is 17.8 Å². The molecular weight excluding hydrogens is 532 g/mol. The Morgan fingerprint density at radius 3 is 2.72 bits per heavy atom. The largest absolute Gasteiger partial charge is 0.334 e. The van der Waals surface area contributed by atoms with E-state index < -0.39 is 0 Å². The molecule has 2 aliphatic rings. The highest BCUT2D eigenvalue weighted by molar-refractivity contribution is 7.17. The van der Waals surface area contributed by atoms with E-state index in [1.165, 1.54) is 16.9 Å². The first-order valence-corrected chi connectivity index (χ1v) is 14.3. The van der Waals surface area contributed by atoms with Crippen LogP contribution in [0.25, 0.3) is 0 Å². The Morgan fingerprint density at radius 1 is 1.10 bits per heavy atom. The molecule has 0 saturated carbocycles. The molecule has 1 fully saturated rings. The van der Waals surface area contributed by atoms with Gasteiger partial charge < -0.3 is 20.4 Å². The van der Waals surface area contributed by atoms with Crippen molar-refractivity contribution < 1.29 is 9.59 Å². The number of nitrogens with zero attached hydrogens (tertiary/aromatic N) is 4. The van der Waals surface area contributed by atoms with Crippen LogP contribution in [0.15, 0.2) is 54.7 Å². The maximum absolute atomic E-state index is 12.9. The zero-order chi connectivity index (χ0) is 27.4. The van der Waals surface area contributed by atoms with Crippen molar-refractivity contribution in [2.45, 2.75) is 19.9 Å². The number of amides is 2. The molecule has 1 saturated heterocycles. The van der Waals surface area contributed by atoms with Gasteiger partial charge in [-0.15, -0.1) is 0 Å². The number of anilines is 3. The van der Waals surface area contributed by atoms with E-state index in [9.17, 15) is 9.59 Å². The fourth-order valence-electron chi connectivity index (χ4n) is 4.79. The third-order valence-corrected chi connectivity index (χ3v) is 8.42. The molecule has 0 unspecified atom stereocenters. The van der Waals surface area contributed by atoms with Crippen molar-refractivity contribution >= 4 is 51.3 Å². The number of aromatic nitrogens is 1. The van der Waals surface area contributed by atoms with Gasteiger partial charge in [0.25, 0.3) is 5.91 Å². The Morgan fingerprint density at radius 2 is 1.92 bits per heavy atom. The topological polar surface area (TPSA) is 80.8 Å². The number of hydrogen-bond donors (Lipinski definition) is 2. The van der Waals surface area contributed by atoms with Crippen molar-refractivity contribution in [1.29, 1.82) is 0 Å². The second-order valence-electron chi connectivity index (χ2n) is 10.0. The summed E-state index contributed by atoms with van der Waals surface area (Å²) in [5.74, 6) is -0.200. The fourth-order valence-corrected chi connectivity index (χ4v) is 5.79. The van der Waals surface area contributed by atoms with Crippen molar-refractivity contribution in [1.82, 2.24) is 19.7 Å². The number of likely N-dealkylation sites (N-methyl/N-ethyl adjacent to an activating group) is 1. The van der Waals surface area contributed by atoms with Gasteiger partial charge in [0.1, 0.15) is 4.88 Å². The molecule has 5 rings (SSSR count). The zero-order valence-corrected chi connectivity index (χ0v) is 23.8. The van der Waals surface area contributed by atoms with Crippen LogP contribution in [0.4, 0.5) is 16.5 Å². The molecule has 0 bridgehead atoms. The SMILES string of the molecule is Cc1cccc(Cl)c1NC(=O)c1cnc(Nc2ccc3c(c2)CN(C(=O)C=CCN2CCN(C)CC2)CC3)s1. The molecule has 1 aromatic heterocycles. The third-order valence-electron chi connectivity index (χ3n) is 7.19. The number of thiazole rings is 1. The Kier molecular flexibility index (Phi) is 8.62. The van der Waals surface area contributed by atoms with Crippen LogP contribution < -0.4 is 10.6 Å². The van der Waals surface area contributed by atoms with Gasteiger partial charge in [-0.2, -0.15) is 0 Å². The standard InChI is InChI=1S/C29H33ClN6O2S/c1-20-5-3-6-24(30)27(20)33-28(38)25-18-31-29(39-25)32-23-9-8-21-10-12-36(19-22(21)17-23)26(37)7-4-11-35-15-13-34(2)14-16-35/h3-9,17-18H,10-16,19H2,1-2H3,(H,31,32)(H,33,38). The summed E-state index contributed by atoms with van der Waals surface area (Å²) in [6.07, 6.45) is 6.10. The van der Waals surface area contributed by atoms with Crippen LogP contribution in [0.2, 0.25) is 5.02 Å². The molecule has 2 aliphatic heterocycles. The minimum absolute atomic E-state index is 0.0532. The monoisotopic (exact) mass is 564 g/mol. The van der Waals surface area contributed by atoms with Crippen LogP contribution >= 0.6 is 22.9 Å². The van der Waals surface area contributed by atoms with E-state index in [2.05, 4.69) is 44.6 Å². The Balaban J connectivity index is 1.18. The minimum atomic E-state index is -0.253. The summed E-state index contributed by atoms with van der Waals surface area (Å²) >= 11 is 7.52. The van der Waals surface area contributed by atoms with Crippen molar-refractivity contribution in [3.63, 3.8) is 0 Å². The van der Waals surface area contributed by atoms with E-state index in [4.69, 9.17) is 11.6 Å². The van der Waals surface area contributed by atoms with Crippen LogP contribution in [0.1, 0.15) is 26.4 Å². The van der Waals surface area contributed by atoms with Crippen LogP contribution in [0, 0.1) is 6.92 Å². The molecule has 204 valence electrons. The lowest BCUT2D eigenvalue weighted by Gasteiger charge is -2.31. The molecule has 10 heteroatoms. The molecular formula is C29H33ClN6O2S. The lowest BCUT2D eigenvalue weighted by Crippen LogP contribution is -2.44. The number of carbonyl (C=O) groups is 2. The number of aryl methyl sites for hydroxylation is 1. The van der Waals surface area contributed by atoms with E-state index in [0.29, 0.717) is 33.8 Å². The average molecular weight is 565 g/mol.